The van der Waals surface area contributed by atoms with Crippen LogP contribution in [0.15, 0.2) is 35.4 Å². The average Bonchev–Trinajstić information content (AvgIpc) is 2.27. The maximum Gasteiger partial charge on any atom is 0.0581 e. The molecule has 0 radical (unpaired) electrons. The molecule has 0 aliphatic rings. The Morgan fingerprint density at radius 2 is 2.00 bits per heavy atom. The zero-order chi connectivity index (χ0) is 13.0. The zero-order valence-corrected chi connectivity index (χ0v) is 11.7. The highest BCUT2D eigenvalue weighted by molar-refractivity contribution is 6.31. The zero-order valence-electron chi connectivity index (χ0n) is 11.0. The lowest BCUT2D eigenvalue weighted by atomic mass is 10.0. The van der Waals surface area contributed by atoms with E-state index in [9.17, 15) is 5.11 Å². The monoisotopic (exact) mass is 244 g/mol. The first-order chi connectivity index (χ1) is 7.61. The summed E-state index contributed by atoms with van der Waals surface area (Å²) in [5.41, 5.74) is 0.908. The SMILES string of the molecule is C=C(Cl)/C(=C\C=C/C)CC(O)CCC.CC. The van der Waals surface area contributed by atoms with Crippen LogP contribution < -0.4 is 0 Å². The van der Waals surface area contributed by atoms with Crippen molar-refractivity contribution in [3.63, 3.8) is 0 Å². The summed E-state index contributed by atoms with van der Waals surface area (Å²) in [6.07, 6.45) is 7.78. The van der Waals surface area contributed by atoms with Crippen molar-refractivity contribution in [1.29, 1.82) is 0 Å². The third kappa shape index (κ3) is 10.0. The van der Waals surface area contributed by atoms with E-state index < -0.39 is 0 Å². The van der Waals surface area contributed by atoms with Gasteiger partial charge in [0.25, 0.3) is 0 Å². The molecule has 0 saturated heterocycles. The molecule has 1 atom stereocenters. The van der Waals surface area contributed by atoms with E-state index in [1.54, 1.807) is 0 Å². The van der Waals surface area contributed by atoms with Crippen molar-refractivity contribution in [2.45, 2.75) is 53.1 Å². The Bertz CT molecular complexity index is 229. The molecule has 1 unspecified atom stereocenters. The molecule has 2 heteroatoms. The van der Waals surface area contributed by atoms with Gasteiger partial charge in [0.2, 0.25) is 0 Å². The summed E-state index contributed by atoms with van der Waals surface area (Å²) in [7, 11) is 0. The second-order valence-corrected chi connectivity index (χ2v) is 3.73. The minimum atomic E-state index is -0.313. The van der Waals surface area contributed by atoms with Crippen molar-refractivity contribution in [3.8, 4) is 0 Å². The molecule has 0 amide bonds. The van der Waals surface area contributed by atoms with Gasteiger partial charge in [0.05, 0.1) is 6.10 Å². The number of hydrogen-bond donors (Lipinski definition) is 1. The van der Waals surface area contributed by atoms with Gasteiger partial charge >= 0.3 is 0 Å². The van der Waals surface area contributed by atoms with Crippen LogP contribution in [0.3, 0.4) is 0 Å². The van der Waals surface area contributed by atoms with E-state index in [0.29, 0.717) is 11.5 Å². The van der Waals surface area contributed by atoms with E-state index in [4.69, 9.17) is 11.6 Å². The van der Waals surface area contributed by atoms with Crippen molar-refractivity contribution in [2.75, 3.05) is 0 Å². The van der Waals surface area contributed by atoms with Gasteiger partial charge in [0.1, 0.15) is 0 Å². The van der Waals surface area contributed by atoms with Crippen LogP contribution in [-0.4, -0.2) is 11.2 Å². The molecule has 1 nitrogen and oxygen atoms in total. The molecule has 0 aromatic carbocycles. The standard InChI is InChI=1S/C12H19ClO.C2H6/c1-4-6-8-11(10(3)13)9-12(14)7-5-2;1-2/h4,6,8,12,14H,3,5,7,9H2,1-2H3;1-2H3/b6-4-,11-8-;. The summed E-state index contributed by atoms with van der Waals surface area (Å²) in [5.74, 6) is 0. The van der Waals surface area contributed by atoms with Crippen LogP contribution in [0.2, 0.25) is 0 Å². The molecule has 0 saturated carbocycles. The maximum absolute atomic E-state index is 9.60. The number of allylic oxidation sites excluding steroid dienone is 4. The first-order valence-corrected chi connectivity index (χ1v) is 6.34. The largest absolute Gasteiger partial charge is 0.393 e. The molecule has 0 aromatic rings. The van der Waals surface area contributed by atoms with Crippen LogP contribution in [0, 0.1) is 0 Å². The Morgan fingerprint density at radius 1 is 1.44 bits per heavy atom. The number of hydrogen-bond acceptors (Lipinski definition) is 1. The lowest BCUT2D eigenvalue weighted by Crippen LogP contribution is -2.07. The Morgan fingerprint density at radius 3 is 2.38 bits per heavy atom. The summed E-state index contributed by atoms with van der Waals surface area (Å²) in [6, 6.07) is 0. The quantitative estimate of drug-likeness (QED) is 0.665. The number of halogens is 1. The number of aliphatic hydroxyl groups excluding tert-OH is 1. The highest BCUT2D eigenvalue weighted by atomic mass is 35.5. The van der Waals surface area contributed by atoms with Gasteiger partial charge in [0, 0.05) is 5.03 Å². The summed E-state index contributed by atoms with van der Waals surface area (Å²) < 4.78 is 0. The van der Waals surface area contributed by atoms with E-state index in [1.807, 2.05) is 45.9 Å². The third-order valence-corrected chi connectivity index (χ3v) is 2.16. The van der Waals surface area contributed by atoms with E-state index >= 15 is 0 Å². The van der Waals surface area contributed by atoms with Gasteiger partial charge in [-0.2, -0.15) is 0 Å². The highest BCUT2D eigenvalue weighted by Gasteiger charge is 2.07. The predicted molar refractivity (Wildman–Crippen MR) is 74.8 cm³/mol. The van der Waals surface area contributed by atoms with Crippen molar-refractivity contribution < 1.29 is 5.11 Å². The molecule has 0 rings (SSSR count). The molecule has 0 aromatic heterocycles. The fourth-order valence-electron chi connectivity index (χ4n) is 1.17. The van der Waals surface area contributed by atoms with Crippen molar-refractivity contribution in [3.05, 3.63) is 35.4 Å². The van der Waals surface area contributed by atoms with E-state index in [-0.39, 0.29) is 6.10 Å². The Labute approximate surface area is 106 Å². The molecule has 0 aliphatic carbocycles. The lowest BCUT2D eigenvalue weighted by Gasteiger charge is -2.10. The van der Waals surface area contributed by atoms with Crippen molar-refractivity contribution in [1.82, 2.24) is 0 Å². The molecule has 0 fully saturated rings. The second kappa shape index (κ2) is 12.5. The van der Waals surface area contributed by atoms with E-state index in [2.05, 4.69) is 6.58 Å². The number of rotatable bonds is 6. The smallest absolute Gasteiger partial charge is 0.0581 e. The van der Waals surface area contributed by atoms with Gasteiger partial charge in [-0.1, -0.05) is 63.6 Å². The minimum absolute atomic E-state index is 0.313. The molecule has 1 N–H and O–H groups in total. The fourth-order valence-corrected chi connectivity index (χ4v) is 1.31. The van der Waals surface area contributed by atoms with Gasteiger partial charge in [-0.15, -0.1) is 0 Å². The van der Waals surface area contributed by atoms with Crippen LogP contribution in [0.25, 0.3) is 0 Å². The second-order valence-electron chi connectivity index (χ2n) is 3.27. The minimum Gasteiger partial charge on any atom is -0.393 e. The van der Waals surface area contributed by atoms with E-state index in [0.717, 1.165) is 18.4 Å². The van der Waals surface area contributed by atoms with Crippen LogP contribution in [0.1, 0.15) is 47.0 Å². The Hall–Kier alpha value is -0.530. The average molecular weight is 245 g/mol. The number of aliphatic hydroxyl groups is 1. The van der Waals surface area contributed by atoms with Crippen molar-refractivity contribution >= 4 is 11.6 Å². The lowest BCUT2D eigenvalue weighted by molar-refractivity contribution is 0.164. The molecule has 94 valence electrons. The topological polar surface area (TPSA) is 20.2 Å². The van der Waals surface area contributed by atoms with Crippen LogP contribution >= 0.6 is 11.6 Å². The summed E-state index contributed by atoms with van der Waals surface area (Å²) in [5, 5.41) is 10.1. The van der Waals surface area contributed by atoms with Gasteiger partial charge < -0.3 is 5.11 Å². The third-order valence-electron chi connectivity index (χ3n) is 1.92. The van der Waals surface area contributed by atoms with Crippen LogP contribution in [0.4, 0.5) is 0 Å². The van der Waals surface area contributed by atoms with Crippen LogP contribution in [-0.2, 0) is 0 Å². The molecular weight excluding hydrogens is 220 g/mol. The highest BCUT2D eigenvalue weighted by Crippen LogP contribution is 2.19. The first-order valence-electron chi connectivity index (χ1n) is 5.96. The molecule has 0 heterocycles. The molecule has 0 bridgehead atoms. The van der Waals surface area contributed by atoms with E-state index in [1.165, 1.54) is 0 Å². The fraction of sp³-hybridized carbons (Fsp3) is 0.571. The summed E-state index contributed by atoms with van der Waals surface area (Å²) in [6.45, 7) is 11.7. The van der Waals surface area contributed by atoms with Gasteiger partial charge in [0.15, 0.2) is 0 Å². The molecule has 16 heavy (non-hydrogen) atoms. The van der Waals surface area contributed by atoms with Gasteiger partial charge in [-0.05, 0) is 25.3 Å². The van der Waals surface area contributed by atoms with Gasteiger partial charge in [-0.3, -0.25) is 0 Å². The molecule has 0 spiro atoms. The summed E-state index contributed by atoms with van der Waals surface area (Å²) >= 11 is 5.82. The van der Waals surface area contributed by atoms with Gasteiger partial charge in [-0.25, -0.2) is 0 Å². The predicted octanol–water partition coefficient (Wildman–Crippen LogP) is 4.82. The van der Waals surface area contributed by atoms with Crippen LogP contribution in [0.5, 0.6) is 0 Å². The summed E-state index contributed by atoms with van der Waals surface area (Å²) in [4.78, 5) is 0. The van der Waals surface area contributed by atoms with Crippen molar-refractivity contribution in [2.24, 2.45) is 0 Å². The normalized spacial score (nSPS) is 13.2. The molecule has 0 aliphatic heterocycles. The Kier molecular flexibility index (Phi) is 14.0. The molecular formula is C14H25ClO. The first kappa shape index (κ1) is 17.9. The maximum atomic E-state index is 9.60. The Balaban J connectivity index is 0.